The van der Waals surface area contributed by atoms with E-state index in [0.717, 1.165) is 10.7 Å². The molecule has 4 aromatic rings. The summed E-state index contributed by atoms with van der Waals surface area (Å²) in [7, 11) is 4.34. The number of halogens is 1. The molecular weight excluding hydrogens is 492 g/mol. The first-order valence-electron chi connectivity index (χ1n) is 10.4. The van der Waals surface area contributed by atoms with Gasteiger partial charge in [-0.3, -0.25) is 25.1 Å². The summed E-state index contributed by atoms with van der Waals surface area (Å²) in [6.45, 7) is 0. The van der Waals surface area contributed by atoms with Gasteiger partial charge in [-0.15, -0.1) is 0 Å². The van der Waals surface area contributed by atoms with Crippen LogP contribution in [0.2, 0.25) is 5.02 Å². The Bertz CT molecular complexity index is 1540. The van der Waals surface area contributed by atoms with E-state index in [1.807, 2.05) is 0 Å². The van der Waals surface area contributed by atoms with Crippen molar-refractivity contribution in [2.45, 2.75) is 0 Å². The maximum absolute atomic E-state index is 13.4. The van der Waals surface area contributed by atoms with E-state index in [9.17, 15) is 19.7 Å². The van der Waals surface area contributed by atoms with Crippen molar-refractivity contribution in [3.8, 4) is 28.6 Å². The molecule has 184 valence electrons. The summed E-state index contributed by atoms with van der Waals surface area (Å²) in [6.07, 6.45) is 0. The van der Waals surface area contributed by atoms with Crippen molar-refractivity contribution in [3.63, 3.8) is 0 Å². The third-order valence-corrected chi connectivity index (χ3v) is 5.64. The molecule has 36 heavy (non-hydrogen) atoms. The van der Waals surface area contributed by atoms with Crippen LogP contribution in [-0.2, 0) is 0 Å². The molecule has 0 radical (unpaired) electrons. The number of fused-ring (bicyclic) bond motifs is 1. The smallest absolute Gasteiger partial charge is 0.288 e. The van der Waals surface area contributed by atoms with Crippen LogP contribution in [0.25, 0.3) is 22.3 Å². The second-order valence-electron chi connectivity index (χ2n) is 7.37. The lowest BCUT2D eigenvalue weighted by Crippen LogP contribution is -2.35. The van der Waals surface area contributed by atoms with Gasteiger partial charge in [-0.05, 0) is 36.4 Å². The molecule has 0 saturated carbocycles. The molecule has 1 N–H and O–H groups in total. The van der Waals surface area contributed by atoms with Crippen LogP contribution < -0.4 is 25.2 Å². The number of rotatable bonds is 7. The topological polar surface area (TPSA) is 135 Å². The van der Waals surface area contributed by atoms with Crippen LogP contribution in [-0.4, -0.2) is 41.8 Å². The van der Waals surface area contributed by atoms with Crippen molar-refractivity contribution in [3.05, 3.63) is 85.7 Å². The molecule has 3 aromatic carbocycles. The second-order valence-corrected chi connectivity index (χ2v) is 7.78. The van der Waals surface area contributed by atoms with E-state index in [1.165, 1.54) is 33.5 Å². The molecule has 0 aliphatic heterocycles. The van der Waals surface area contributed by atoms with E-state index < -0.39 is 22.1 Å². The molecule has 0 spiro atoms. The van der Waals surface area contributed by atoms with Crippen LogP contribution in [0.5, 0.6) is 17.2 Å². The SMILES string of the molecule is COc1cc(-c2nc3ccccc3c(=O)n2NC(=O)c2ccc(Cl)c([N+](=O)[O-])c2)cc(OC)c1OC. The Hall–Kier alpha value is -4.64. The summed E-state index contributed by atoms with van der Waals surface area (Å²) in [5.74, 6) is 0.217. The van der Waals surface area contributed by atoms with Crippen LogP contribution in [0.3, 0.4) is 0 Å². The fourth-order valence-corrected chi connectivity index (χ4v) is 3.79. The van der Waals surface area contributed by atoms with Crippen LogP contribution in [0.1, 0.15) is 10.4 Å². The Morgan fingerprint density at radius 2 is 1.69 bits per heavy atom. The van der Waals surface area contributed by atoms with Crippen molar-refractivity contribution < 1.29 is 23.9 Å². The van der Waals surface area contributed by atoms with Gasteiger partial charge in [0.1, 0.15) is 5.02 Å². The highest BCUT2D eigenvalue weighted by Gasteiger charge is 2.22. The highest BCUT2D eigenvalue weighted by molar-refractivity contribution is 6.32. The molecule has 1 heterocycles. The van der Waals surface area contributed by atoms with Crippen LogP contribution in [0, 0.1) is 10.1 Å². The minimum Gasteiger partial charge on any atom is -0.493 e. The first-order valence-corrected chi connectivity index (χ1v) is 10.7. The zero-order valence-corrected chi connectivity index (χ0v) is 20.0. The molecule has 4 rings (SSSR count). The summed E-state index contributed by atoms with van der Waals surface area (Å²) in [6, 6.07) is 13.3. The van der Waals surface area contributed by atoms with E-state index >= 15 is 0 Å². The predicted molar refractivity (Wildman–Crippen MR) is 133 cm³/mol. The largest absolute Gasteiger partial charge is 0.493 e. The number of hydrogen-bond donors (Lipinski definition) is 1. The van der Waals surface area contributed by atoms with Gasteiger partial charge in [0.15, 0.2) is 17.3 Å². The first-order chi connectivity index (χ1) is 17.3. The molecule has 0 aliphatic rings. The Balaban J connectivity index is 1.92. The van der Waals surface area contributed by atoms with Crippen molar-refractivity contribution in [1.29, 1.82) is 0 Å². The maximum atomic E-state index is 13.4. The molecule has 11 nitrogen and oxygen atoms in total. The van der Waals surface area contributed by atoms with Crippen molar-refractivity contribution in [1.82, 2.24) is 9.66 Å². The molecule has 0 unspecified atom stereocenters. The number of nitrogens with one attached hydrogen (secondary N) is 1. The van der Waals surface area contributed by atoms with Crippen molar-refractivity contribution in [2.24, 2.45) is 0 Å². The van der Waals surface area contributed by atoms with Gasteiger partial charge >= 0.3 is 0 Å². The van der Waals surface area contributed by atoms with Crippen LogP contribution >= 0.6 is 11.6 Å². The number of amides is 1. The summed E-state index contributed by atoms with van der Waals surface area (Å²) in [5.41, 5.74) is 2.16. The summed E-state index contributed by atoms with van der Waals surface area (Å²) in [5, 5.41) is 11.4. The van der Waals surface area contributed by atoms with Gasteiger partial charge in [0, 0.05) is 17.2 Å². The standard InChI is InChI=1S/C24H19ClN4O7/c1-34-19-11-14(12-20(35-2)21(19)36-3)22-26-17-7-5-4-6-15(17)24(31)28(22)27-23(30)13-8-9-16(25)18(10-13)29(32)33/h4-12H,1-3H3,(H,27,30). The number of carbonyl (C=O) groups excluding carboxylic acids is 1. The van der Waals surface area contributed by atoms with Crippen molar-refractivity contribution in [2.75, 3.05) is 26.8 Å². The minimum atomic E-state index is -0.789. The summed E-state index contributed by atoms with van der Waals surface area (Å²) in [4.78, 5) is 41.7. The quantitative estimate of drug-likeness (QED) is 0.291. The Morgan fingerprint density at radius 1 is 1.03 bits per heavy atom. The lowest BCUT2D eigenvalue weighted by atomic mass is 10.1. The van der Waals surface area contributed by atoms with E-state index in [-0.39, 0.29) is 21.8 Å². The third kappa shape index (κ3) is 4.39. The summed E-state index contributed by atoms with van der Waals surface area (Å²) >= 11 is 5.86. The third-order valence-electron chi connectivity index (χ3n) is 5.32. The first kappa shape index (κ1) is 24.5. The Morgan fingerprint density at radius 3 is 2.31 bits per heavy atom. The Kier molecular flexibility index (Phi) is 6.75. The normalized spacial score (nSPS) is 10.7. The van der Waals surface area contributed by atoms with Gasteiger partial charge in [0.25, 0.3) is 17.2 Å². The van der Waals surface area contributed by atoms with Crippen LogP contribution in [0.4, 0.5) is 5.69 Å². The van der Waals surface area contributed by atoms with Gasteiger partial charge in [0.05, 0.1) is 37.2 Å². The van der Waals surface area contributed by atoms with E-state index in [0.29, 0.717) is 28.3 Å². The average molecular weight is 511 g/mol. The van der Waals surface area contributed by atoms with E-state index in [4.69, 9.17) is 25.8 Å². The minimum absolute atomic E-state index is 0.0646. The second kappa shape index (κ2) is 9.92. The monoisotopic (exact) mass is 510 g/mol. The molecule has 1 amide bonds. The molecule has 0 bridgehead atoms. The van der Waals surface area contributed by atoms with Gasteiger partial charge in [0.2, 0.25) is 5.75 Å². The molecular formula is C24H19ClN4O7. The van der Waals surface area contributed by atoms with Gasteiger partial charge in [-0.1, -0.05) is 23.7 Å². The van der Waals surface area contributed by atoms with E-state index in [2.05, 4.69) is 10.4 Å². The van der Waals surface area contributed by atoms with E-state index in [1.54, 1.807) is 36.4 Å². The number of para-hydroxylation sites is 1. The lowest BCUT2D eigenvalue weighted by Gasteiger charge is -2.17. The summed E-state index contributed by atoms with van der Waals surface area (Å²) < 4.78 is 17.1. The zero-order chi connectivity index (χ0) is 26.0. The number of nitro groups is 1. The zero-order valence-electron chi connectivity index (χ0n) is 19.3. The Labute approximate surface area is 208 Å². The fourth-order valence-electron chi connectivity index (χ4n) is 3.60. The molecule has 0 fully saturated rings. The average Bonchev–Trinajstić information content (AvgIpc) is 2.89. The van der Waals surface area contributed by atoms with Gasteiger partial charge in [-0.25, -0.2) is 4.98 Å². The highest BCUT2D eigenvalue weighted by atomic mass is 35.5. The number of carbonyl (C=O) groups is 1. The molecule has 0 saturated heterocycles. The molecule has 12 heteroatoms. The van der Waals surface area contributed by atoms with Crippen LogP contribution in [0.15, 0.2) is 59.4 Å². The number of hydrogen-bond acceptors (Lipinski definition) is 8. The maximum Gasteiger partial charge on any atom is 0.288 e. The number of nitro benzene ring substituents is 1. The predicted octanol–water partition coefficient (Wildman–Crippen LogP) is 4.03. The van der Waals surface area contributed by atoms with Gasteiger partial charge < -0.3 is 14.2 Å². The number of aromatic nitrogens is 2. The molecule has 1 aromatic heterocycles. The lowest BCUT2D eigenvalue weighted by molar-refractivity contribution is -0.384. The number of benzene rings is 3. The number of nitrogens with zero attached hydrogens (tertiary/aromatic N) is 3. The molecule has 0 atom stereocenters. The number of ether oxygens (including phenoxy) is 3. The fraction of sp³-hybridized carbons (Fsp3) is 0.125. The van der Waals surface area contributed by atoms with Gasteiger partial charge in [-0.2, -0.15) is 4.68 Å². The number of methoxy groups -OCH3 is 3. The molecule has 0 aliphatic carbocycles. The highest BCUT2D eigenvalue weighted by Crippen LogP contribution is 2.40. The van der Waals surface area contributed by atoms with Crippen molar-refractivity contribution >= 4 is 34.1 Å².